The molecule has 5 saturated carbocycles. The molecule has 0 aromatic heterocycles. The molecule has 0 heterocycles. The lowest BCUT2D eigenvalue weighted by Crippen LogP contribution is -2.61. The minimum atomic E-state index is -0.232. The van der Waals surface area contributed by atoms with E-state index in [4.69, 9.17) is 4.74 Å². The van der Waals surface area contributed by atoms with Gasteiger partial charge in [-0.25, -0.2) is 0 Å². The summed E-state index contributed by atoms with van der Waals surface area (Å²) >= 11 is 0. The smallest absolute Gasteiger partial charge is 0.312 e. The second-order valence-corrected chi connectivity index (χ2v) is 13.8. The number of carbonyl (C=O) groups is 1. The van der Waals surface area contributed by atoms with Crippen LogP contribution in [0.5, 0.6) is 0 Å². The van der Waals surface area contributed by atoms with E-state index in [1.165, 1.54) is 51.4 Å². The molecule has 3 heteroatoms. The van der Waals surface area contributed by atoms with Crippen LogP contribution >= 0.6 is 0 Å². The fourth-order valence-corrected chi connectivity index (χ4v) is 11.0. The van der Waals surface area contributed by atoms with Crippen LogP contribution in [0.3, 0.4) is 0 Å². The topological polar surface area (TPSA) is 46.5 Å². The van der Waals surface area contributed by atoms with Crippen LogP contribution in [0, 0.1) is 51.8 Å². The zero-order valence-corrected chi connectivity index (χ0v) is 22.2. The van der Waals surface area contributed by atoms with Gasteiger partial charge in [0.25, 0.3) is 0 Å². The number of hydrogen-bond donors (Lipinski definition) is 1. The van der Waals surface area contributed by atoms with E-state index in [-0.39, 0.29) is 17.5 Å². The molecule has 35 heavy (non-hydrogen) atoms. The number of carbonyl (C=O) groups excluding carboxylic acids is 1. The molecule has 5 aliphatic rings. The first-order chi connectivity index (χ1) is 16.8. The zero-order chi connectivity index (χ0) is 24.4. The maximum absolute atomic E-state index is 13.7. The van der Waals surface area contributed by atoms with Crippen molar-refractivity contribution in [3.8, 4) is 0 Å². The molecule has 0 saturated heterocycles. The normalized spacial score (nSPS) is 48.7. The Bertz CT molecular complexity index is 943. The molecule has 1 aromatic carbocycles. The van der Waals surface area contributed by atoms with Crippen molar-refractivity contribution < 1.29 is 14.6 Å². The Morgan fingerprint density at radius 3 is 2.40 bits per heavy atom. The van der Waals surface area contributed by atoms with Crippen molar-refractivity contribution in [2.45, 2.75) is 104 Å². The second kappa shape index (κ2) is 8.61. The number of esters is 1. The third-order valence-electron chi connectivity index (χ3n) is 12.7. The Kier molecular flexibility index (Phi) is 5.90. The van der Waals surface area contributed by atoms with Gasteiger partial charge in [-0.15, -0.1) is 0 Å². The lowest BCUT2D eigenvalue weighted by atomic mass is 9.37. The van der Waals surface area contributed by atoms with Gasteiger partial charge in [0.2, 0.25) is 0 Å². The molecular formula is C32H46O3. The Morgan fingerprint density at radius 1 is 0.886 bits per heavy atom. The van der Waals surface area contributed by atoms with E-state index in [2.05, 4.69) is 32.9 Å². The molecule has 192 valence electrons. The summed E-state index contributed by atoms with van der Waals surface area (Å²) in [5.41, 5.74) is 1.61. The summed E-state index contributed by atoms with van der Waals surface area (Å²) in [6, 6.07) is 10.2. The highest BCUT2D eigenvalue weighted by Gasteiger charge is 2.66. The number of hydrogen-bond acceptors (Lipinski definition) is 3. The third kappa shape index (κ3) is 3.50. The standard InChI is InChI=1S/C32H46O3/c1-21-24-13-17-31(3)25-14-19-32(29(34)35-20-22-8-5-4-6-9-22)16-7-10-26(32)23(25)11-12-28(31)30(24,2)18-15-27(21)33/h4-6,8-9,21,23-28,33H,7,10-20H2,1-3H3. The van der Waals surface area contributed by atoms with Gasteiger partial charge in [-0.3, -0.25) is 4.79 Å². The quantitative estimate of drug-likeness (QED) is 0.469. The molecule has 3 nitrogen and oxygen atoms in total. The fraction of sp³-hybridized carbons (Fsp3) is 0.781. The number of aliphatic hydroxyl groups excluding tert-OH is 1. The number of ether oxygens (including phenoxy) is 1. The summed E-state index contributed by atoms with van der Waals surface area (Å²) in [4.78, 5) is 13.7. The van der Waals surface area contributed by atoms with Gasteiger partial charge in [0.1, 0.15) is 6.61 Å². The molecule has 0 spiro atoms. The van der Waals surface area contributed by atoms with E-state index >= 15 is 0 Å². The molecule has 10 atom stereocenters. The van der Waals surface area contributed by atoms with Gasteiger partial charge in [-0.1, -0.05) is 57.5 Å². The summed E-state index contributed by atoms with van der Waals surface area (Å²) in [7, 11) is 0. The van der Waals surface area contributed by atoms with Gasteiger partial charge < -0.3 is 9.84 Å². The van der Waals surface area contributed by atoms with Crippen LogP contribution in [0.1, 0.15) is 97.0 Å². The average molecular weight is 479 g/mol. The minimum absolute atomic E-state index is 0.0975. The minimum Gasteiger partial charge on any atom is -0.460 e. The highest BCUT2D eigenvalue weighted by Crippen LogP contribution is 2.71. The number of benzene rings is 1. The highest BCUT2D eigenvalue weighted by atomic mass is 16.5. The fourth-order valence-electron chi connectivity index (χ4n) is 11.0. The van der Waals surface area contributed by atoms with Crippen LogP contribution in [0.2, 0.25) is 0 Å². The molecule has 5 aliphatic carbocycles. The maximum Gasteiger partial charge on any atom is 0.312 e. The predicted octanol–water partition coefficient (Wildman–Crippen LogP) is 7.17. The van der Waals surface area contributed by atoms with Crippen molar-refractivity contribution in [2.24, 2.45) is 51.8 Å². The number of aliphatic hydroxyl groups is 1. The average Bonchev–Trinajstić information content (AvgIpc) is 3.31. The van der Waals surface area contributed by atoms with Gasteiger partial charge >= 0.3 is 5.97 Å². The van der Waals surface area contributed by atoms with Crippen molar-refractivity contribution in [1.82, 2.24) is 0 Å². The molecule has 0 bridgehead atoms. The Labute approximate surface area is 212 Å². The van der Waals surface area contributed by atoms with Crippen molar-refractivity contribution in [2.75, 3.05) is 0 Å². The van der Waals surface area contributed by atoms with Gasteiger partial charge in [0, 0.05) is 0 Å². The monoisotopic (exact) mass is 478 g/mol. The molecular weight excluding hydrogens is 432 g/mol. The number of fused-ring (bicyclic) bond motifs is 7. The van der Waals surface area contributed by atoms with Crippen LogP contribution < -0.4 is 0 Å². The summed E-state index contributed by atoms with van der Waals surface area (Å²) in [6.45, 7) is 7.95. The molecule has 0 radical (unpaired) electrons. The summed E-state index contributed by atoms with van der Waals surface area (Å²) in [6.07, 6.45) is 12.9. The molecule has 10 unspecified atom stereocenters. The van der Waals surface area contributed by atoms with E-state index in [1.54, 1.807) is 0 Å². The molecule has 0 aliphatic heterocycles. The SMILES string of the molecule is CC1C(O)CCC2(C)C1CCC1(C)C3CCC4(C(=O)OCc5ccccc5)CCCC4C3CCC21. The molecule has 1 aromatic rings. The van der Waals surface area contributed by atoms with Crippen molar-refractivity contribution >= 4 is 5.97 Å². The number of rotatable bonds is 3. The first kappa shape index (κ1) is 24.0. The van der Waals surface area contributed by atoms with Crippen LogP contribution in [0.4, 0.5) is 0 Å². The van der Waals surface area contributed by atoms with Gasteiger partial charge in [-0.05, 0) is 116 Å². The van der Waals surface area contributed by atoms with Crippen molar-refractivity contribution in [1.29, 1.82) is 0 Å². The molecule has 1 N–H and O–H groups in total. The molecule has 6 rings (SSSR count). The van der Waals surface area contributed by atoms with E-state index in [1.807, 2.05) is 18.2 Å². The lowest BCUT2D eigenvalue weighted by Gasteiger charge is -2.67. The Hall–Kier alpha value is -1.35. The third-order valence-corrected chi connectivity index (χ3v) is 12.7. The van der Waals surface area contributed by atoms with Gasteiger partial charge in [-0.2, -0.15) is 0 Å². The van der Waals surface area contributed by atoms with Gasteiger partial charge in [0.05, 0.1) is 11.5 Å². The molecule has 5 fully saturated rings. The highest BCUT2D eigenvalue weighted by molar-refractivity contribution is 5.78. The zero-order valence-electron chi connectivity index (χ0n) is 22.2. The summed E-state index contributed by atoms with van der Waals surface area (Å²) in [5.74, 6) is 3.92. The first-order valence-electron chi connectivity index (χ1n) is 14.7. The van der Waals surface area contributed by atoms with Crippen LogP contribution in [-0.2, 0) is 16.1 Å². The van der Waals surface area contributed by atoms with E-state index in [9.17, 15) is 9.90 Å². The summed E-state index contributed by atoms with van der Waals surface area (Å²) in [5, 5.41) is 10.6. The van der Waals surface area contributed by atoms with Crippen molar-refractivity contribution in [3.63, 3.8) is 0 Å². The first-order valence-corrected chi connectivity index (χ1v) is 14.7. The van der Waals surface area contributed by atoms with Gasteiger partial charge in [0.15, 0.2) is 0 Å². The summed E-state index contributed by atoms with van der Waals surface area (Å²) < 4.78 is 6.03. The second-order valence-electron chi connectivity index (χ2n) is 13.8. The van der Waals surface area contributed by atoms with Crippen LogP contribution in [0.15, 0.2) is 30.3 Å². The lowest BCUT2D eigenvalue weighted by molar-refractivity contribution is -0.201. The van der Waals surface area contributed by atoms with E-state index in [0.29, 0.717) is 41.1 Å². The molecule has 0 amide bonds. The Morgan fingerprint density at radius 2 is 1.60 bits per heavy atom. The van der Waals surface area contributed by atoms with Crippen LogP contribution in [0.25, 0.3) is 0 Å². The maximum atomic E-state index is 13.7. The van der Waals surface area contributed by atoms with Crippen LogP contribution in [-0.4, -0.2) is 17.2 Å². The van der Waals surface area contributed by atoms with E-state index in [0.717, 1.165) is 36.7 Å². The largest absolute Gasteiger partial charge is 0.460 e. The van der Waals surface area contributed by atoms with Crippen molar-refractivity contribution in [3.05, 3.63) is 35.9 Å². The predicted molar refractivity (Wildman–Crippen MR) is 138 cm³/mol. The Balaban J connectivity index is 1.23. The van der Waals surface area contributed by atoms with E-state index < -0.39 is 0 Å².